The topological polar surface area (TPSA) is 137 Å². The molecule has 0 atom stereocenters. The molecule has 2 aromatic carbocycles. The molecular formula is C22H26N6O5S. The minimum atomic E-state index is -3.86. The van der Waals surface area contributed by atoms with Crippen LogP contribution in [0, 0.1) is 6.92 Å². The Balaban J connectivity index is 1.61. The standard InChI is InChI=1S/C22H26N6O5S/c1-14-24-26-27-28(14)18-13-17(9-11-19(18)32-2)23-22(29)15-8-10-20(33-3)21(12-15)34(30,31)25-16-6-4-5-7-16/h8-13,16,25H,4-7H2,1-3H3,(H,23,29). The number of ether oxygens (including phenoxy) is 2. The number of sulfonamides is 1. The van der Waals surface area contributed by atoms with Gasteiger partial charge in [0.1, 0.15) is 22.1 Å². The zero-order valence-corrected chi connectivity index (χ0v) is 19.9. The van der Waals surface area contributed by atoms with Crippen LogP contribution in [0.15, 0.2) is 41.3 Å². The van der Waals surface area contributed by atoms with E-state index in [4.69, 9.17) is 9.47 Å². The molecule has 4 rings (SSSR count). The third-order valence-electron chi connectivity index (χ3n) is 5.68. The van der Waals surface area contributed by atoms with Gasteiger partial charge in [0.25, 0.3) is 5.91 Å². The number of aryl methyl sites for hydroxylation is 1. The van der Waals surface area contributed by atoms with Gasteiger partial charge in [-0.25, -0.2) is 13.1 Å². The summed E-state index contributed by atoms with van der Waals surface area (Å²) in [7, 11) is -0.947. The number of nitrogens with one attached hydrogen (secondary N) is 2. The van der Waals surface area contributed by atoms with Crippen molar-refractivity contribution in [1.82, 2.24) is 24.9 Å². The highest BCUT2D eigenvalue weighted by Crippen LogP contribution is 2.29. The summed E-state index contributed by atoms with van der Waals surface area (Å²) in [6.07, 6.45) is 3.56. The van der Waals surface area contributed by atoms with Crippen molar-refractivity contribution in [1.29, 1.82) is 0 Å². The van der Waals surface area contributed by atoms with Crippen LogP contribution in [0.2, 0.25) is 0 Å². The lowest BCUT2D eigenvalue weighted by molar-refractivity contribution is 0.102. The van der Waals surface area contributed by atoms with Gasteiger partial charge in [-0.05, 0) is 66.6 Å². The number of rotatable bonds is 8. The van der Waals surface area contributed by atoms with Crippen LogP contribution in [0.1, 0.15) is 41.9 Å². The Morgan fingerprint density at radius 3 is 2.41 bits per heavy atom. The average Bonchev–Trinajstić information content (AvgIpc) is 3.49. The second kappa shape index (κ2) is 9.77. The summed E-state index contributed by atoms with van der Waals surface area (Å²) in [6.45, 7) is 1.74. The molecule has 0 radical (unpaired) electrons. The van der Waals surface area contributed by atoms with Gasteiger partial charge in [-0.2, -0.15) is 4.68 Å². The van der Waals surface area contributed by atoms with Crippen LogP contribution >= 0.6 is 0 Å². The number of nitrogens with zero attached hydrogens (tertiary/aromatic N) is 4. The van der Waals surface area contributed by atoms with Gasteiger partial charge >= 0.3 is 0 Å². The molecule has 1 fully saturated rings. The normalized spacial score (nSPS) is 14.2. The second-order valence-electron chi connectivity index (χ2n) is 7.95. The highest BCUT2D eigenvalue weighted by molar-refractivity contribution is 7.89. The smallest absolute Gasteiger partial charge is 0.255 e. The van der Waals surface area contributed by atoms with E-state index in [0.717, 1.165) is 25.7 Å². The first-order valence-electron chi connectivity index (χ1n) is 10.8. The molecule has 12 heteroatoms. The van der Waals surface area contributed by atoms with Crippen LogP contribution in [-0.2, 0) is 10.0 Å². The molecule has 1 aliphatic rings. The van der Waals surface area contributed by atoms with E-state index in [1.807, 2.05) is 0 Å². The number of carbonyl (C=O) groups is 1. The Hall–Kier alpha value is -3.51. The number of methoxy groups -OCH3 is 2. The van der Waals surface area contributed by atoms with Crippen molar-refractivity contribution in [2.75, 3.05) is 19.5 Å². The maximum Gasteiger partial charge on any atom is 0.255 e. The van der Waals surface area contributed by atoms with Gasteiger partial charge in [0.15, 0.2) is 5.82 Å². The Morgan fingerprint density at radius 2 is 1.76 bits per heavy atom. The summed E-state index contributed by atoms with van der Waals surface area (Å²) < 4.78 is 40.9. The summed E-state index contributed by atoms with van der Waals surface area (Å²) in [6, 6.07) is 9.22. The fourth-order valence-electron chi connectivity index (χ4n) is 3.95. The minimum absolute atomic E-state index is 0.0747. The molecule has 3 aromatic rings. The third kappa shape index (κ3) is 4.87. The van der Waals surface area contributed by atoms with E-state index in [0.29, 0.717) is 22.9 Å². The minimum Gasteiger partial charge on any atom is -0.495 e. The molecule has 2 N–H and O–H groups in total. The van der Waals surface area contributed by atoms with Crippen molar-refractivity contribution in [2.24, 2.45) is 0 Å². The first kappa shape index (κ1) is 23.6. The van der Waals surface area contributed by atoms with Crippen LogP contribution in [0.3, 0.4) is 0 Å². The van der Waals surface area contributed by atoms with Crippen molar-refractivity contribution in [2.45, 2.75) is 43.5 Å². The number of tetrazole rings is 1. The average molecular weight is 487 g/mol. The molecule has 180 valence electrons. The third-order valence-corrected chi connectivity index (χ3v) is 7.22. The maximum atomic E-state index is 13.0. The first-order valence-corrected chi connectivity index (χ1v) is 12.3. The molecule has 0 bridgehead atoms. The Bertz CT molecular complexity index is 1300. The second-order valence-corrected chi connectivity index (χ2v) is 9.63. The lowest BCUT2D eigenvalue weighted by Crippen LogP contribution is -2.33. The predicted octanol–water partition coefficient (Wildman–Crippen LogP) is 2.46. The van der Waals surface area contributed by atoms with Gasteiger partial charge in [0.05, 0.1) is 14.2 Å². The summed E-state index contributed by atoms with van der Waals surface area (Å²) in [5.74, 6) is 0.748. The van der Waals surface area contributed by atoms with Gasteiger partial charge in [-0.15, -0.1) is 5.10 Å². The molecule has 11 nitrogen and oxygen atoms in total. The SMILES string of the molecule is COc1ccc(NC(=O)c2ccc(OC)c(S(=O)(=O)NC3CCCC3)c2)cc1-n1nnnc1C. The van der Waals surface area contributed by atoms with Crippen molar-refractivity contribution in [3.05, 3.63) is 47.8 Å². The highest BCUT2D eigenvalue weighted by atomic mass is 32.2. The van der Waals surface area contributed by atoms with Crippen molar-refractivity contribution in [3.8, 4) is 17.2 Å². The fraction of sp³-hybridized carbons (Fsp3) is 0.364. The molecule has 1 heterocycles. The quantitative estimate of drug-likeness (QED) is 0.495. The molecule has 0 saturated heterocycles. The summed E-state index contributed by atoms with van der Waals surface area (Å²) in [5, 5.41) is 14.3. The summed E-state index contributed by atoms with van der Waals surface area (Å²) in [5.41, 5.74) is 1.17. The van der Waals surface area contributed by atoms with E-state index in [9.17, 15) is 13.2 Å². The number of anilines is 1. The molecule has 0 unspecified atom stereocenters. The highest BCUT2D eigenvalue weighted by Gasteiger charge is 2.26. The van der Waals surface area contributed by atoms with Crippen LogP contribution < -0.4 is 19.5 Å². The maximum absolute atomic E-state index is 13.0. The number of hydrogen-bond donors (Lipinski definition) is 2. The summed E-state index contributed by atoms with van der Waals surface area (Å²) >= 11 is 0. The van der Waals surface area contributed by atoms with Crippen LogP contribution in [0.25, 0.3) is 5.69 Å². The van der Waals surface area contributed by atoms with Crippen molar-refractivity contribution < 1.29 is 22.7 Å². The molecule has 0 spiro atoms. The fourth-order valence-corrected chi connectivity index (χ4v) is 5.45. The number of amides is 1. The first-order chi connectivity index (χ1) is 16.3. The number of aromatic nitrogens is 4. The van der Waals surface area contributed by atoms with Gasteiger partial charge in [-0.3, -0.25) is 4.79 Å². The van der Waals surface area contributed by atoms with Crippen molar-refractivity contribution >= 4 is 21.6 Å². The van der Waals surface area contributed by atoms with Crippen molar-refractivity contribution in [3.63, 3.8) is 0 Å². The molecule has 1 amide bonds. The van der Waals surface area contributed by atoms with E-state index in [1.54, 1.807) is 25.1 Å². The largest absolute Gasteiger partial charge is 0.495 e. The molecule has 0 aliphatic heterocycles. The summed E-state index contributed by atoms with van der Waals surface area (Å²) in [4.78, 5) is 12.9. The van der Waals surface area contributed by atoms with Gasteiger partial charge in [0.2, 0.25) is 10.0 Å². The van der Waals surface area contributed by atoms with Crippen LogP contribution in [0.5, 0.6) is 11.5 Å². The monoisotopic (exact) mass is 486 g/mol. The van der Waals surface area contributed by atoms with E-state index >= 15 is 0 Å². The van der Waals surface area contributed by atoms with E-state index in [2.05, 4.69) is 25.6 Å². The van der Waals surface area contributed by atoms with E-state index in [1.165, 1.54) is 37.1 Å². The Labute approximate surface area is 197 Å². The Morgan fingerprint density at radius 1 is 1.06 bits per heavy atom. The molecule has 1 aliphatic carbocycles. The number of benzene rings is 2. The van der Waals surface area contributed by atoms with E-state index < -0.39 is 15.9 Å². The predicted molar refractivity (Wildman–Crippen MR) is 124 cm³/mol. The van der Waals surface area contributed by atoms with Gasteiger partial charge in [0, 0.05) is 17.3 Å². The molecule has 1 saturated carbocycles. The zero-order valence-electron chi connectivity index (χ0n) is 19.1. The Kier molecular flexibility index (Phi) is 6.80. The lowest BCUT2D eigenvalue weighted by atomic mass is 10.2. The molecule has 34 heavy (non-hydrogen) atoms. The lowest BCUT2D eigenvalue weighted by Gasteiger charge is -2.16. The van der Waals surface area contributed by atoms with Gasteiger partial charge in [-0.1, -0.05) is 12.8 Å². The zero-order chi connectivity index (χ0) is 24.3. The molecule has 1 aromatic heterocycles. The van der Waals surface area contributed by atoms with Crippen LogP contribution in [0.4, 0.5) is 5.69 Å². The molecular weight excluding hydrogens is 460 g/mol. The van der Waals surface area contributed by atoms with Crippen LogP contribution in [-0.4, -0.2) is 54.8 Å². The van der Waals surface area contributed by atoms with Gasteiger partial charge < -0.3 is 14.8 Å². The number of hydrogen-bond acceptors (Lipinski definition) is 8. The van der Waals surface area contributed by atoms with E-state index in [-0.39, 0.29) is 22.3 Å². The number of carbonyl (C=O) groups excluding carboxylic acids is 1.